The third-order valence-electron chi connectivity index (χ3n) is 1.15. The molecule has 58 valence electrons. The highest BCUT2D eigenvalue weighted by atomic mass is 13.9. The number of benzene rings is 1. The lowest BCUT2D eigenvalue weighted by Crippen LogP contribution is -1.76. The first kappa shape index (κ1) is 9.78. The van der Waals surface area contributed by atoms with E-state index in [0.717, 1.165) is 6.42 Å². The van der Waals surface area contributed by atoms with Gasteiger partial charge >= 0.3 is 0 Å². The van der Waals surface area contributed by atoms with E-state index in [1.807, 2.05) is 44.2 Å². The van der Waals surface area contributed by atoms with Crippen molar-refractivity contribution < 1.29 is 0 Å². The minimum atomic E-state index is 0.737. The van der Waals surface area contributed by atoms with E-state index in [-0.39, 0.29) is 0 Å². The van der Waals surface area contributed by atoms with E-state index in [2.05, 4.69) is 5.92 Å². The molecule has 0 bridgehead atoms. The van der Waals surface area contributed by atoms with E-state index in [0.29, 0.717) is 0 Å². The molecule has 0 saturated carbocycles. The molecule has 0 heterocycles. The fourth-order valence-electron chi connectivity index (χ4n) is 0.714. The van der Waals surface area contributed by atoms with Gasteiger partial charge in [0, 0.05) is 6.42 Å². The summed E-state index contributed by atoms with van der Waals surface area (Å²) < 4.78 is 0. The first-order valence-electron chi connectivity index (χ1n) is 3.91. The lowest BCUT2D eigenvalue weighted by molar-refractivity contribution is 1.32. The van der Waals surface area contributed by atoms with Gasteiger partial charge in [0.05, 0.1) is 0 Å². The maximum atomic E-state index is 5.11. The van der Waals surface area contributed by atoms with Gasteiger partial charge in [0.15, 0.2) is 0 Å². The van der Waals surface area contributed by atoms with Gasteiger partial charge in [0.1, 0.15) is 0 Å². The van der Waals surface area contributed by atoms with E-state index in [1.165, 1.54) is 5.56 Å². The summed E-state index contributed by atoms with van der Waals surface area (Å²) in [5.41, 5.74) is 1.21. The van der Waals surface area contributed by atoms with Crippen molar-refractivity contribution in [1.82, 2.24) is 0 Å². The first-order valence-corrected chi connectivity index (χ1v) is 3.91. The molecule has 0 amide bonds. The predicted octanol–water partition coefficient (Wildman–Crippen LogP) is 2.89. The maximum absolute atomic E-state index is 5.11. The average Bonchev–Trinajstić information content (AvgIpc) is 2.11. The van der Waals surface area contributed by atoms with Crippen LogP contribution in [0.1, 0.15) is 19.4 Å². The molecule has 0 saturated heterocycles. The van der Waals surface area contributed by atoms with Crippen LogP contribution in [0.3, 0.4) is 0 Å². The minimum absolute atomic E-state index is 0.737. The molecule has 0 aliphatic carbocycles. The third-order valence-corrected chi connectivity index (χ3v) is 1.15. The molecule has 1 aromatic carbocycles. The van der Waals surface area contributed by atoms with Gasteiger partial charge in [-0.25, -0.2) is 0 Å². The number of hydrogen-bond donors (Lipinski definition) is 0. The second-order valence-corrected chi connectivity index (χ2v) is 1.87. The van der Waals surface area contributed by atoms with Crippen molar-refractivity contribution in [1.29, 1.82) is 0 Å². The molecular weight excluding hydrogens is 132 g/mol. The van der Waals surface area contributed by atoms with Crippen LogP contribution in [0.2, 0.25) is 0 Å². The van der Waals surface area contributed by atoms with Crippen molar-refractivity contribution in [3.8, 4) is 12.3 Å². The number of terminal acetylenes is 1. The molecule has 1 rings (SSSR count). The zero-order chi connectivity index (χ0) is 8.53. The lowest BCUT2D eigenvalue weighted by Gasteiger charge is -1.89. The summed E-state index contributed by atoms with van der Waals surface area (Å²) >= 11 is 0. The van der Waals surface area contributed by atoms with Crippen LogP contribution in [-0.4, -0.2) is 0 Å². The molecule has 0 atom stereocenters. The summed E-state index contributed by atoms with van der Waals surface area (Å²) in [6.07, 6.45) is 5.85. The normalized spacial score (nSPS) is 7.36. The van der Waals surface area contributed by atoms with E-state index < -0.39 is 0 Å². The average molecular weight is 146 g/mol. The van der Waals surface area contributed by atoms with Gasteiger partial charge in [-0.15, -0.1) is 12.3 Å². The topological polar surface area (TPSA) is 0 Å². The Hall–Kier alpha value is -1.22. The smallest absolute Gasteiger partial charge is 0.0337 e. The van der Waals surface area contributed by atoms with Crippen LogP contribution in [0.5, 0.6) is 0 Å². The van der Waals surface area contributed by atoms with Crippen molar-refractivity contribution in [3.05, 3.63) is 35.9 Å². The van der Waals surface area contributed by atoms with Crippen molar-refractivity contribution in [2.45, 2.75) is 20.3 Å². The summed E-state index contributed by atoms with van der Waals surface area (Å²) in [6.45, 7) is 4.00. The molecular formula is C11H14. The lowest BCUT2D eigenvalue weighted by atomic mass is 10.2. The summed E-state index contributed by atoms with van der Waals surface area (Å²) in [6, 6.07) is 10.0. The quantitative estimate of drug-likeness (QED) is 0.534. The minimum Gasteiger partial charge on any atom is -0.120 e. The van der Waals surface area contributed by atoms with Crippen molar-refractivity contribution >= 4 is 0 Å². The Kier molecular flexibility index (Phi) is 6.13. The van der Waals surface area contributed by atoms with Gasteiger partial charge in [-0.1, -0.05) is 44.2 Å². The number of hydrogen-bond acceptors (Lipinski definition) is 0. The Morgan fingerprint density at radius 2 is 1.73 bits per heavy atom. The molecule has 0 unspecified atom stereocenters. The van der Waals surface area contributed by atoms with Crippen LogP contribution in [0.25, 0.3) is 0 Å². The molecule has 0 radical (unpaired) electrons. The second kappa shape index (κ2) is 6.89. The van der Waals surface area contributed by atoms with E-state index >= 15 is 0 Å². The Morgan fingerprint density at radius 3 is 2.18 bits per heavy atom. The molecule has 0 aliphatic heterocycles. The molecule has 11 heavy (non-hydrogen) atoms. The predicted molar refractivity (Wildman–Crippen MR) is 50.3 cm³/mol. The van der Waals surface area contributed by atoms with E-state index in [9.17, 15) is 0 Å². The summed E-state index contributed by atoms with van der Waals surface area (Å²) in [5.74, 6) is 2.58. The largest absolute Gasteiger partial charge is 0.120 e. The Labute approximate surface area is 69.3 Å². The van der Waals surface area contributed by atoms with Crippen molar-refractivity contribution in [3.63, 3.8) is 0 Å². The summed E-state index contributed by atoms with van der Waals surface area (Å²) in [7, 11) is 0. The Balaban J connectivity index is 0.000000461. The van der Waals surface area contributed by atoms with Gasteiger partial charge in [-0.3, -0.25) is 0 Å². The summed E-state index contributed by atoms with van der Waals surface area (Å²) in [5, 5.41) is 0. The summed E-state index contributed by atoms with van der Waals surface area (Å²) in [4.78, 5) is 0. The number of rotatable bonds is 1. The SMILES string of the molecule is C#CCc1ccccc1.CC. The van der Waals surface area contributed by atoms with Crippen LogP contribution in [0.4, 0.5) is 0 Å². The molecule has 0 nitrogen and oxygen atoms in total. The Bertz CT molecular complexity index is 203. The highest BCUT2D eigenvalue weighted by Gasteiger charge is 1.82. The zero-order valence-electron chi connectivity index (χ0n) is 7.17. The zero-order valence-corrected chi connectivity index (χ0v) is 7.17. The van der Waals surface area contributed by atoms with Crippen LogP contribution in [0.15, 0.2) is 30.3 Å². The maximum Gasteiger partial charge on any atom is 0.0337 e. The van der Waals surface area contributed by atoms with Crippen LogP contribution in [-0.2, 0) is 6.42 Å². The fraction of sp³-hybridized carbons (Fsp3) is 0.273. The van der Waals surface area contributed by atoms with Gasteiger partial charge < -0.3 is 0 Å². The standard InChI is InChI=1S/C9H8.C2H6/c1-2-6-9-7-4-3-5-8-9;1-2/h1,3-5,7-8H,6H2;1-2H3. The van der Waals surface area contributed by atoms with Gasteiger partial charge in [0.25, 0.3) is 0 Å². The first-order chi connectivity index (χ1) is 5.43. The molecule has 0 fully saturated rings. The van der Waals surface area contributed by atoms with E-state index in [1.54, 1.807) is 0 Å². The van der Waals surface area contributed by atoms with Crippen molar-refractivity contribution in [2.75, 3.05) is 0 Å². The van der Waals surface area contributed by atoms with Crippen LogP contribution < -0.4 is 0 Å². The van der Waals surface area contributed by atoms with Gasteiger partial charge in [-0.05, 0) is 5.56 Å². The van der Waals surface area contributed by atoms with E-state index in [4.69, 9.17) is 6.42 Å². The highest BCUT2D eigenvalue weighted by molar-refractivity contribution is 5.18. The molecule has 1 aromatic rings. The van der Waals surface area contributed by atoms with Crippen LogP contribution in [0, 0.1) is 12.3 Å². The molecule has 0 aliphatic rings. The second-order valence-electron chi connectivity index (χ2n) is 1.87. The molecule has 0 N–H and O–H groups in total. The molecule has 0 heteroatoms. The fourth-order valence-corrected chi connectivity index (χ4v) is 0.714. The third kappa shape index (κ3) is 4.22. The van der Waals surface area contributed by atoms with Crippen LogP contribution >= 0.6 is 0 Å². The monoisotopic (exact) mass is 146 g/mol. The molecule has 0 spiro atoms. The van der Waals surface area contributed by atoms with Gasteiger partial charge in [-0.2, -0.15) is 0 Å². The molecule has 0 aromatic heterocycles. The van der Waals surface area contributed by atoms with Gasteiger partial charge in [0.2, 0.25) is 0 Å². The highest BCUT2D eigenvalue weighted by Crippen LogP contribution is 1.96. The Morgan fingerprint density at radius 1 is 1.18 bits per heavy atom. The van der Waals surface area contributed by atoms with Crippen molar-refractivity contribution in [2.24, 2.45) is 0 Å².